The summed E-state index contributed by atoms with van der Waals surface area (Å²) in [6, 6.07) is 9.92. The topological polar surface area (TPSA) is 94.8 Å². The molecule has 0 spiro atoms. The van der Waals surface area contributed by atoms with Crippen LogP contribution in [0.4, 0.5) is 0 Å². The quantitative estimate of drug-likeness (QED) is 0.562. The molecule has 0 unspecified atom stereocenters. The highest BCUT2D eigenvalue weighted by atomic mass is 32.2. The van der Waals surface area contributed by atoms with Crippen molar-refractivity contribution >= 4 is 43.3 Å². The molecule has 3 aromatic rings. The number of carbonyl (C=O) groups is 2. The van der Waals surface area contributed by atoms with E-state index < -0.39 is 21.7 Å². The second-order valence-corrected chi connectivity index (χ2v) is 10.0. The molecule has 0 bridgehead atoms. The molecule has 9 heteroatoms. The first-order valence-electron chi connectivity index (χ1n) is 9.26. The van der Waals surface area contributed by atoms with E-state index in [1.165, 1.54) is 37.5 Å². The number of aromatic nitrogens is 1. The fourth-order valence-corrected chi connectivity index (χ4v) is 5.17. The van der Waals surface area contributed by atoms with E-state index in [4.69, 9.17) is 4.74 Å². The number of sulfone groups is 1. The first-order chi connectivity index (χ1) is 14.2. The van der Waals surface area contributed by atoms with Crippen molar-refractivity contribution in [3.8, 4) is 0 Å². The molecule has 0 N–H and O–H groups in total. The van der Waals surface area contributed by atoms with Crippen molar-refractivity contribution in [2.24, 2.45) is 4.99 Å². The van der Waals surface area contributed by atoms with E-state index in [-0.39, 0.29) is 22.8 Å². The summed E-state index contributed by atoms with van der Waals surface area (Å²) in [6.45, 7) is 5.35. The molecule has 1 aromatic heterocycles. The minimum atomic E-state index is -3.59. The van der Waals surface area contributed by atoms with Gasteiger partial charge in [0, 0.05) is 0 Å². The van der Waals surface area contributed by atoms with E-state index in [0.717, 1.165) is 21.3 Å². The number of carbonyl (C=O) groups excluding carboxylic acids is 2. The third-order valence-corrected chi connectivity index (χ3v) is 7.67. The Morgan fingerprint density at radius 1 is 1.13 bits per heavy atom. The number of aryl methyl sites for hydroxylation is 2. The fraction of sp³-hybridized carbons (Fsp3) is 0.286. The molecule has 2 aromatic carbocycles. The Morgan fingerprint density at radius 3 is 2.47 bits per heavy atom. The molecule has 0 atom stereocenters. The van der Waals surface area contributed by atoms with Gasteiger partial charge in [-0.1, -0.05) is 30.4 Å². The molecule has 0 aliphatic rings. The number of esters is 1. The Kier molecular flexibility index (Phi) is 6.23. The standard InChI is InChI=1S/C21H22N2O5S2/c1-5-30(26,27)18-9-7-6-8-15(18)20(25)22-21-23(12-19(24)28-4)16-10-13(2)14(3)11-17(16)29-21/h6-11H,5,12H2,1-4H3. The van der Waals surface area contributed by atoms with Gasteiger partial charge < -0.3 is 9.30 Å². The van der Waals surface area contributed by atoms with Crippen LogP contribution in [-0.2, 0) is 25.9 Å². The van der Waals surface area contributed by atoms with Gasteiger partial charge in [0.1, 0.15) is 6.54 Å². The maximum Gasteiger partial charge on any atom is 0.325 e. The van der Waals surface area contributed by atoms with Crippen molar-refractivity contribution < 1.29 is 22.7 Å². The molecule has 0 aliphatic heterocycles. The average Bonchev–Trinajstić information content (AvgIpc) is 3.04. The second-order valence-electron chi connectivity index (χ2n) is 6.77. The Labute approximate surface area is 178 Å². The summed E-state index contributed by atoms with van der Waals surface area (Å²) < 4.78 is 32.0. The van der Waals surface area contributed by atoms with Crippen molar-refractivity contribution in [2.45, 2.75) is 32.2 Å². The number of hydrogen-bond acceptors (Lipinski definition) is 6. The van der Waals surface area contributed by atoms with Crippen LogP contribution in [0.2, 0.25) is 0 Å². The molecule has 0 fully saturated rings. The molecule has 3 rings (SSSR count). The smallest absolute Gasteiger partial charge is 0.325 e. The van der Waals surface area contributed by atoms with Gasteiger partial charge in [-0.2, -0.15) is 4.99 Å². The van der Waals surface area contributed by atoms with E-state index in [1.807, 2.05) is 26.0 Å². The lowest BCUT2D eigenvalue weighted by molar-refractivity contribution is -0.141. The lowest BCUT2D eigenvalue weighted by atomic mass is 10.1. The maximum absolute atomic E-state index is 13.0. The first kappa shape index (κ1) is 21.9. The summed E-state index contributed by atoms with van der Waals surface area (Å²) in [5.74, 6) is -1.28. The lowest BCUT2D eigenvalue weighted by Gasteiger charge is -2.07. The molecule has 0 saturated carbocycles. The number of benzene rings is 2. The number of rotatable bonds is 5. The van der Waals surface area contributed by atoms with Crippen molar-refractivity contribution in [3.05, 3.63) is 57.9 Å². The van der Waals surface area contributed by atoms with Crippen LogP contribution in [0, 0.1) is 13.8 Å². The Bertz CT molecular complexity index is 1320. The highest BCUT2D eigenvalue weighted by Crippen LogP contribution is 2.23. The Balaban J connectivity index is 2.23. The molecule has 158 valence electrons. The lowest BCUT2D eigenvalue weighted by Crippen LogP contribution is -2.23. The normalized spacial score (nSPS) is 12.3. The van der Waals surface area contributed by atoms with Crippen LogP contribution in [0.15, 0.2) is 46.3 Å². The van der Waals surface area contributed by atoms with Gasteiger partial charge in [0.2, 0.25) is 0 Å². The fourth-order valence-electron chi connectivity index (χ4n) is 2.97. The largest absolute Gasteiger partial charge is 0.468 e. The zero-order valence-corrected chi connectivity index (χ0v) is 18.8. The molecule has 30 heavy (non-hydrogen) atoms. The van der Waals surface area contributed by atoms with Crippen LogP contribution >= 0.6 is 11.3 Å². The number of ether oxygens (including phenoxy) is 1. The molecular weight excluding hydrogens is 424 g/mol. The van der Waals surface area contributed by atoms with Crippen molar-refractivity contribution in [2.75, 3.05) is 12.9 Å². The number of nitrogens with zero attached hydrogens (tertiary/aromatic N) is 2. The van der Waals surface area contributed by atoms with Crippen LogP contribution < -0.4 is 4.80 Å². The van der Waals surface area contributed by atoms with E-state index in [2.05, 4.69) is 4.99 Å². The summed E-state index contributed by atoms with van der Waals surface area (Å²) in [5, 5.41) is 0. The minimum absolute atomic E-state index is 0.00813. The van der Waals surface area contributed by atoms with Gasteiger partial charge in [0.25, 0.3) is 5.91 Å². The molecule has 0 radical (unpaired) electrons. The zero-order valence-electron chi connectivity index (χ0n) is 17.1. The molecule has 1 heterocycles. The van der Waals surface area contributed by atoms with Crippen LogP contribution in [0.25, 0.3) is 10.2 Å². The monoisotopic (exact) mass is 446 g/mol. The highest BCUT2D eigenvalue weighted by Gasteiger charge is 2.21. The van der Waals surface area contributed by atoms with Crippen LogP contribution in [-0.4, -0.2) is 37.7 Å². The van der Waals surface area contributed by atoms with Gasteiger partial charge in [-0.25, -0.2) is 8.42 Å². The molecular formula is C21H22N2O5S2. The van der Waals surface area contributed by atoms with E-state index in [9.17, 15) is 18.0 Å². The van der Waals surface area contributed by atoms with Crippen molar-refractivity contribution in [1.29, 1.82) is 0 Å². The van der Waals surface area contributed by atoms with Crippen LogP contribution in [0.5, 0.6) is 0 Å². The first-order valence-corrected chi connectivity index (χ1v) is 11.7. The number of amides is 1. The zero-order chi connectivity index (χ0) is 22.1. The van der Waals surface area contributed by atoms with E-state index in [0.29, 0.717) is 4.80 Å². The number of methoxy groups -OCH3 is 1. The van der Waals surface area contributed by atoms with Crippen molar-refractivity contribution in [3.63, 3.8) is 0 Å². The second kappa shape index (κ2) is 8.53. The maximum atomic E-state index is 13.0. The van der Waals surface area contributed by atoms with Gasteiger partial charge >= 0.3 is 5.97 Å². The number of hydrogen-bond donors (Lipinski definition) is 0. The number of fused-ring (bicyclic) bond motifs is 1. The summed E-state index contributed by atoms with van der Waals surface area (Å²) in [5.41, 5.74) is 2.88. The molecule has 1 amide bonds. The molecule has 0 saturated heterocycles. The van der Waals surface area contributed by atoms with Gasteiger partial charge in [0.05, 0.1) is 33.5 Å². The predicted molar refractivity (Wildman–Crippen MR) is 115 cm³/mol. The third kappa shape index (κ3) is 4.22. The van der Waals surface area contributed by atoms with Crippen LogP contribution in [0.3, 0.4) is 0 Å². The van der Waals surface area contributed by atoms with E-state index >= 15 is 0 Å². The highest BCUT2D eigenvalue weighted by molar-refractivity contribution is 7.91. The SMILES string of the molecule is CCS(=O)(=O)c1ccccc1C(=O)N=c1sc2cc(C)c(C)cc2n1CC(=O)OC. The van der Waals surface area contributed by atoms with Crippen molar-refractivity contribution in [1.82, 2.24) is 4.57 Å². The van der Waals surface area contributed by atoms with Gasteiger partial charge in [0.15, 0.2) is 14.6 Å². The minimum Gasteiger partial charge on any atom is -0.468 e. The van der Waals surface area contributed by atoms with Crippen LogP contribution in [0.1, 0.15) is 28.4 Å². The molecule has 0 aliphatic carbocycles. The Morgan fingerprint density at radius 2 is 1.80 bits per heavy atom. The van der Waals surface area contributed by atoms with Gasteiger partial charge in [-0.3, -0.25) is 9.59 Å². The number of thiazole rings is 1. The predicted octanol–water partition coefficient (Wildman–Crippen LogP) is 3.03. The van der Waals surface area contributed by atoms with Gasteiger partial charge in [-0.15, -0.1) is 0 Å². The summed E-state index contributed by atoms with van der Waals surface area (Å²) in [6.07, 6.45) is 0. The summed E-state index contributed by atoms with van der Waals surface area (Å²) in [7, 11) is -2.30. The Hall–Kier alpha value is -2.78. The molecule has 7 nitrogen and oxygen atoms in total. The summed E-state index contributed by atoms with van der Waals surface area (Å²) >= 11 is 1.26. The average molecular weight is 447 g/mol. The van der Waals surface area contributed by atoms with E-state index in [1.54, 1.807) is 16.7 Å². The third-order valence-electron chi connectivity index (χ3n) is 4.84. The van der Waals surface area contributed by atoms with Gasteiger partial charge in [-0.05, 0) is 49.2 Å². The summed E-state index contributed by atoms with van der Waals surface area (Å²) in [4.78, 5) is 29.4.